The van der Waals surface area contributed by atoms with Gasteiger partial charge in [-0.3, -0.25) is 13.7 Å². The molecule has 3 aromatic heterocycles. The molecule has 1 aliphatic rings. The monoisotopic (exact) mass is 680 g/mol. The van der Waals surface area contributed by atoms with Crippen molar-refractivity contribution in [2.24, 2.45) is 0 Å². The number of fused-ring (bicyclic) bond motifs is 5. The fourth-order valence-corrected chi connectivity index (χ4v) is 8.81. The van der Waals surface area contributed by atoms with Crippen molar-refractivity contribution in [3.63, 3.8) is 0 Å². The molecule has 0 N–H and O–H groups in total. The van der Waals surface area contributed by atoms with E-state index in [0.29, 0.717) is 0 Å². The molecule has 8 aromatic rings. The van der Waals surface area contributed by atoms with Gasteiger partial charge in [-0.05, 0) is 94.0 Å². The Morgan fingerprint density at radius 1 is 0.692 bits per heavy atom. The minimum Gasteiger partial charge on any atom is -0.458 e. The van der Waals surface area contributed by atoms with Crippen molar-refractivity contribution in [2.75, 3.05) is 0 Å². The summed E-state index contributed by atoms with van der Waals surface area (Å²) in [5.74, 6) is 2.42. The summed E-state index contributed by atoms with van der Waals surface area (Å²) in [6.45, 7) is 16.2. The summed E-state index contributed by atoms with van der Waals surface area (Å²) in [6, 6.07) is 42.8. The SMILES string of the molecule is CC(C)(C)c1ccnc(-n2c3ccccc3c3ccc(Oc4cccc(-n5[c-][n+](-c6cccc7c6C(C)(C)CC7(C)C)c6ccccc65)c4)cc32)c1. The van der Waals surface area contributed by atoms with Crippen molar-refractivity contribution in [2.45, 2.75) is 71.1 Å². The minimum absolute atomic E-state index is 0.00606. The van der Waals surface area contributed by atoms with Gasteiger partial charge in [0.05, 0.1) is 33.4 Å². The molecule has 5 heteroatoms. The van der Waals surface area contributed by atoms with Gasteiger partial charge in [-0.2, -0.15) is 0 Å². The van der Waals surface area contributed by atoms with Crippen molar-refractivity contribution in [1.29, 1.82) is 0 Å². The van der Waals surface area contributed by atoms with E-state index in [1.807, 2.05) is 12.3 Å². The molecular formula is C47H44N4O. The Balaban J connectivity index is 1.13. The molecule has 0 saturated carbocycles. The number of aromatic nitrogens is 4. The number of hydrogen-bond acceptors (Lipinski definition) is 2. The summed E-state index contributed by atoms with van der Waals surface area (Å²) in [7, 11) is 0. The molecule has 0 aliphatic heterocycles. The molecule has 9 rings (SSSR count). The number of pyridine rings is 1. The molecule has 0 spiro atoms. The predicted octanol–water partition coefficient (Wildman–Crippen LogP) is 11.2. The lowest BCUT2D eigenvalue weighted by molar-refractivity contribution is -0.573. The van der Waals surface area contributed by atoms with Crippen LogP contribution in [0.25, 0.3) is 50.0 Å². The van der Waals surface area contributed by atoms with E-state index in [0.717, 1.165) is 56.9 Å². The summed E-state index contributed by atoms with van der Waals surface area (Å²) >= 11 is 0. The van der Waals surface area contributed by atoms with Crippen LogP contribution in [-0.2, 0) is 16.2 Å². The van der Waals surface area contributed by atoms with Gasteiger partial charge in [0.2, 0.25) is 0 Å². The first-order valence-corrected chi connectivity index (χ1v) is 18.3. The Morgan fingerprint density at radius 2 is 1.42 bits per heavy atom. The molecule has 0 unspecified atom stereocenters. The second-order valence-electron chi connectivity index (χ2n) is 16.7. The van der Waals surface area contributed by atoms with Gasteiger partial charge in [0.1, 0.15) is 17.3 Å². The van der Waals surface area contributed by atoms with Gasteiger partial charge in [-0.1, -0.05) is 109 Å². The van der Waals surface area contributed by atoms with Crippen LogP contribution in [0.15, 0.2) is 128 Å². The van der Waals surface area contributed by atoms with Gasteiger partial charge in [-0.25, -0.2) is 4.98 Å². The number of benzene rings is 5. The van der Waals surface area contributed by atoms with Crippen LogP contribution in [-0.4, -0.2) is 14.1 Å². The van der Waals surface area contributed by atoms with Crippen LogP contribution in [0.3, 0.4) is 0 Å². The van der Waals surface area contributed by atoms with Crippen LogP contribution < -0.4 is 9.30 Å². The van der Waals surface area contributed by atoms with Gasteiger partial charge < -0.3 is 4.74 Å². The van der Waals surface area contributed by atoms with E-state index in [-0.39, 0.29) is 16.2 Å². The van der Waals surface area contributed by atoms with Crippen LogP contribution in [0.2, 0.25) is 0 Å². The molecule has 258 valence electrons. The first-order valence-electron chi connectivity index (χ1n) is 18.3. The number of hydrogen-bond donors (Lipinski definition) is 0. The molecule has 1 aliphatic carbocycles. The molecule has 0 radical (unpaired) electrons. The lowest BCUT2D eigenvalue weighted by Gasteiger charge is -2.24. The molecule has 0 bridgehead atoms. The van der Waals surface area contributed by atoms with Gasteiger partial charge >= 0.3 is 0 Å². The summed E-state index contributed by atoms with van der Waals surface area (Å²) < 4.78 is 13.3. The lowest BCUT2D eigenvalue weighted by Crippen LogP contribution is -2.33. The zero-order valence-corrected chi connectivity index (χ0v) is 31.0. The van der Waals surface area contributed by atoms with Crippen molar-refractivity contribution in [3.05, 3.63) is 151 Å². The van der Waals surface area contributed by atoms with E-state index in [2.05, 4.69) is 184 Å². The highest BCUT2D eigenvalue weighted by Gasteiger charge is 2.43. The first-order chi connectivity index (χ1) is 24.9. The summed E-state index contributed by atoms with van der Waals surface area (Å²) in [5.41, 5.74) is 10.8. The molecular weight excluding hydrogens is 637 g/mol. The van der Waals surface area contributed by atoms with E-state index < -0.39 is 0 Å². The average Bonchev–Trinajstić information content (AvgIpc) is 3.73. The molecule has 0 amide bonds. The van der Waals surface area contributed by atoms with Gasteiger partial charge in [0.25, 0.3) is 6.33 Å². The molecule has 52 heavy (non-hydrogen) atoms. The second kappa shape index (κ2) is 11.4. The number of ether oxygens (including phenoxy) is 1. The summed E-state index contributed by atoms with van der Waals surface area (Å²) in [4.78, 5) is 4.85. The Bertz CT molecular complexity index is 2680. The van der Waals surface area contributed by atoms with Gasteiger partial charge in [0, 0.05) is 23.0 Å². The zero-order valence-electron chi connectivity index (χ0n) is 31.0. The molecule has 3 heterocycles. The topological polar surface area (TPSA) is 35.9 Å². The molecule has 0 saturated heterocycles. The summed E-state index contributed by atoms with van der Waals surface area (Å²) in [6.07, 6.45) is 6.78. The number of para-hydroxylation sites is 3. The molecule has 5 nitrogen and oxygen atoms in total. The Labute approximate surface area is 305 Å². The lowest BCUT2D eigenvalue weighted by atomic mass is 9.81. The maximum Gasteiger partial charge on any atom is 0.269 e. The van der Waals surface area contributed by atoms with Crippen LogP contribution in [0.1, 0.15) is 71.6 Å². The maximum absolute atomic E-state index is 6.66. The standard InChI is InChI=1S/C47H44N4O/c1-45(2,3)31-24-25-48-43(26-31)51-38-18-9-8-16-35(38)36-23-22-34(28-42(36)51)52-33-15-12-14-32(27-33)49-30-50(40-20-11-10-19-39(40)49)41-21-13-17-37-44(41)47(6,7)29-46(37,4)5/h8-28H,29H2,1-7H3. The van der Waals surface area contributed by atoms with Gasteiger partial charge in [0.15, 0.2) is 0 Å². The van der Waals surface area contributed by atoms with Crippen LogP contribution in [0.5, 0.6) is 11.5 Å². The van der Waals surface area contributed by atoms with Crippen molar-refractivity contribution < 1.29 is 9.30 Å². The van der Waals surface area contributed by atoms with Crippen molar-refractivity contribution in [3.8, 4) is 28.7 Å². The van der Waals surface area contributed by atoms with Gasteiger partial charge in [-0.15, -0.1) is 0 Å². The van der Waals surface area contributed by atoms with E-state index in [4.69, 9.17) is 9.72 Å². The fraction of sp³-hybridized carbons (Fsp3) is 0.234. The largest absolute Gasteiger partial charge is 0.458 e. The number of rotatable bonds is 5. The number of nitrogens with zero attached hydrogens (tertiary/aromatic N) is 4. The predicted molar refractivity (Wildman–Crippen MR) is 212 cm³/mol. The molecule has 5 aromatic carbocycles. The fourth-order valence-electron chi connectivity index (χ4n) is 8.81. The highest BCUT2D eigenvalue weighted by atomic mass is 16.5. The Hall–Kier alpha value is -5.68. The van der Waals surface area contributed by atoms with Crippen LogP contribution in [0.4, 0.5) is 0 Å². The van der Waals surface area contributed by atoms with Crippen molar-refractivity contribution >= 4 is 32.8 Å². The molecule has 0 atom stereocenters. The normalized spacial score (nSPS) is 15.1. The van der Waals surface area contributed by atoms with E-state index in [1.165, 1.54) is 27.8 Å². The third-order valence-electron chi connectivity index (χ3n) is 10.9. The zero-order chi connectivity index (χ0) is 36.0. The first kappa shape index (κ1) is 32.2. The third kappa shape index (κ3) is 5.13. The second-order valence-corrected chi connectivity index (χ2v) is 16.7. The van der Waals surface area contributed by atoms with Crippen molar-refractivity contribution in [1.82, 2.24) is 14.1 Å². The van der Waals surface area contributed by atoms with E-state index >= 15 is 0 Å². The van der Waals surface area contributed by atoms with Crippen LogP contribution >= 0.6 is 0 Å². The Morgan fingerprint density at radius 3 is 2.25 bits per heavy atom. The smallest absolute Gasteiger partial charge is 0.269 e. The number of imidazole rings is 1. The van der Waals surface area contributed by atoms with E-state index in [9.17, 15) is 0 Å². The highest BCUT2D eigenvalue weighted by Crippen LogP contribution is 2.50. The third-order valence-corrected chi connectivity index (χ3v) is 10.9. The average molecular weight is 681 g/mol. The highest BCUT2D eigenvalue weighted by molar-refractivity contribution is 6.09. The quantitative estimate of drug-likeness (QED) is 0.134. The van der Waals surface area contributed by atoms with Crippen LogP contribution in [0, 0.1) is 6.33 Å². The van der Waals surface area contributed by atoms with E-state index in [1.54, 1.807) is 0 Å². The minimum atomic E-state index is 0.00606. The summed E-state index contributed by atoms with van der Waals surface area (Å²) in [5, 5.41) is 2.35. The maximum atomic E-state index is 6.66. The Kier molecular flexibility index (Phi) is 7.08. The molecule has 0 fully saturated rings.